The van der Waals surface area contributed by atoms with Gasteiger partial charge in [0.1, 0.15) is 17.2 Å². The SMILES string of the molecule is CCn1c(CN2C(=O)NC(C)(c3cccc4ccccc34)C2=O)nc2cc(F)ccc21. The maximum Gasteiger partial charge on any atom is 0.325 e. The van der Waals surface area contributed by atoms with Crippen molar-refractivity contribution in [3.05, 3.63) is 77.9 Å². The fourth-order valence-electron chi connectivity index (χ4n) is 4.45. The van der Waals surface area contributed by atoms with Crippen molar-refractivity contribution in [2.45, 2.75) is 32.5 Å². The van der Waals surface area contributed by atoms with Gasteiger partial charge in [0.2, 0.25) is 0 Å². The molecule has 1 fully saturated rings. The molecule has 1 aromatic heterocycles. The number of hydrogen-bond donors (Lipinski definition) is 1. The third-order valence-corrected chi connectivity index (χ3v) is 6.01. The number of aromatic nitrogens is 2. The van der Waals surface area contributed by atoms with Gasteiger partial charge in [-0.3, -0.25) is 9.69 Å². The minimum absolute atomic E-state index is 0.00909. The fourth-order valence-corrected chi connectivity index (χ4v) is 4.45. The Labute approximate surface area is 178 Å². The molecule has 0 saturated carbocycles. The third-order valence-electron chi connectivity index (χ3n) is 6.01. The van der Waals surface area contributed by atoms with Gasteiger partial charge in [0, 0.05) is 12.6 Å². The Hall–Kier alpha value is -3.74. The minimum Gasteiger partial charge on any atom is -0.327 e. The number of amides is 3. The first kappa shape index (κ1) is 19.2. The average Bonchev–Trinajstić information content (AvgIpc) is 3.22. The number of aryl methyl sites for hydroxylation is 1. The predicted molar refractivity (Wildman–Crippen MR) is 116 cm³/mol. The lowest BCUT2D eigenvalue weighted by atomic mass is 9.88. The van der Waals surface area contributed by atoms with E-state index in [1.54, 1.807) is 13.0 Å². The Morgan fingerprint density at radius 2 is 1.84 bits per heavy atom. The van der Waals surface area contributed by atoms with Gasteiger partial charge in [-0.15, -0.1) is 0 Å². The predicted octanol–water partition coefficient (Wildman–Crippen LogP) is 4.32. The number of halogens is 1. The van der Waals surface area contributed by atoms with Crippen LogP contribution in [0.15, 0.2) is 60.7 Å². The summed E-state index contributed by atoms with van der Waals surface area (Å²) in [6.45, 7) is 4.27. The van der Waals surface area contributed by atoms with Crippen molar-refractivity contribution in [3.8, 4) is 0 Å². The molecule has 4 aromatic rings. The number of hydrogen-bond acceptors (Lipinski definition) is 3. The van der Waals surface area contributed by atoms with Crippen molar-refractivity contribution in [1.29, 1.82) is 0 Å². The second kappa shape index (κ2) is 6.91. The van der Waals surface area contributed by atoms with E-state index in [1.165, 1.54) is 17.0 Å². The molecule has 0 bridgehead atoms. The summed E-state index contributed by atoms with van der Waals surface area (Å²) in [5, 5.41) is 4.79. The van der Waals surface area contributed by atoms with Gasteiger partial charge >= 0.3 is 6.03 Å². The molecular formula is C24H21FN4O2. The number of imidazole rings is 1. The normalized spacial score (nSPS) is 18.9. The smallest absolute Gasteiger partial charge is 0.325 e. The van der Waals surface area contributed by atoms with Crippen LogP contribution in [0.25, 0.3) is 21.8 Å². The summed E-state index contributed by atoms with van der Waals surface area (Å²) in [6, 6.07) is 17.4. The van der Waals surface area contributed by atoms with Gasteiger partial charge in [-0.2, -0.15) is 0 Å². The van der Waals surface area contributed by atoms with Crippen molar-refractivity contribution in [2.75, 3.05) is 0 Å². The average molecular weight is 416 g/mol. The van der Waals surface area contributed by atoms with Crippen LogP contribution in [0.4, 0.5) is 9.18 Å². The van der Waals surface area contributed by atoms with E-state index in [4.69, 9.17) is 0 Å². The monoisotopic (exact) mass is 416 g/mol. The Balaban J connectivity index is 1.55. The van der Waals surface area contributed by atoms with Crippen molar-refractivity contribution in [3.63, 3.8) is 0 Å². The Kier molecular flexibility index (Phi) is 4.28. The van der Waals surface area contributed by atoms with E-state index in [2.05, 4.69) is 10.3 Å². The molecule has 1 N–H and O–H groups in total. The summed E-state index contributed by atoms with van der Waals surface area (Å²) in [6.07, 6.45) is 0. The number of nitrogens with zero attached hydrogens (tertiary/aromatic N) is 3. The van der Waals surface area contributed by atoms with E-state index in [0.717, 1.165) is 21.9 Å². The van der Waals surface area contributed by atoms with Gasteiger partial charge in [-0.25, -0.2) is 14.2 Å². The van der Waals surface area contributed by atoms with Crippen molar-refractivity contribution < 1.29 is 14.0 Å². The minimum atomic E-state index is -1.19. The highest BCUT2D eigenvalue weighted by atomic mass is 19.1. The molecule has 1 atom stereocenters. The number of benzene rings is 3. The van der Waals surface area contributed by atoms with E-state index in [0.29, 0.717) is 17.9 Å². The molecule has 0 aliphatic carbocycles. The van der Waals surface area contributed by atoms with Crippen LogP contribution in [-0.4, -0.2) is 26.4 Å². The summed E-state index contributed by atoms with van der Waals surface area (Å²) in [5.41, 5.74) is 0.827. The van der Waals surface area contributed by atoms with Crippen LogP contribution in [0.5, 0.6) is 0 Å². The van der Waals surface area contributed by atoms with Gasteiger partial charge in [0.15, 0.2) is 0 Å². The largest absolute Gasteiger partial charge is 0.327 e. The molecule has 6 nitrogen and oxygen atoms in total. The number of nitrogens with one attached hydrogen (secondary N) is 1. The number of urea groups is 1. The summed E-state index contributed by atoms with van der Waals surface area (Å²) >= 11 is 0. The van der Waals surface area contributed by atoms with Crippen LogP contribution in [0, 0.1) is 5.82 Å². The molecule has 2 heterocycles. The van der Waals surface area contributed by atoms with Crippen molar-refractivity contribution in [2.24, 2.45) is 0 Å². The molecule has 0 spiro atoms. The van der Waals surface area contributed by atoms with Crippen molar-refractivity contribution in [1.82, 2.24) is 19.8 Å². The molecule has 1 unspecified atom stereocenters. The highest BCUT2D eigenvalue weighted by Crippen LogP contribution is 2.34. The molecule has 1 saturated heterocycles. The summed E-state index contributed by atoms with van der Waals surface area (Å²) < 4.78 is 15.5. The highest BCUT2D eigenvalue weighted by molar-refractivity contribution is 6.09. The van der Waals surface area contributed by atoms with Crippen LogP contribution in [0.3, 0.4) is 0 Å². The van der Waals surface area contributed by atoms with Crippen LogP contribution < -0.4 is 5.32 Å². The maximum absolute atomic E-state index is 13.6. The van der Waals surface area contributed by atoms with E-state index in [1.807, 2.05) is 54.0 Å². The van der Waals surface area contributed by atoms with E-state index >= 15 is 0 Å². The standard InChI is InChI=1S/C24H21FN4O2/c1-3-28-20-12-11-16(25)13-19(20)26-21(28)14-29-22(30)24(2,27-23(29)31)18-10-6-8-15-7-4-5-9-17(15)18/h4-13H,3,14H2,1-2H3,(H,27,31). The van der Waals surface area contributed by atoms with Gasteiger partial charge in [-0.05, 0) is 42.3 Å². The number of rotatable bonds is 4. The highest BCUT2D eigenvalue weighted by Gasteiger charge is 2.49. The third kappa shape index (κ3) is 2.88. The van der Waals surface area contributed by atoms with Crippen LogP contribution in [0.2, 0.25) is 0 Å². The van der Waals surface area contributed by atoms with Crippen molar-refractivity contribution >= 4 is 33.7 Å². The fraction of sp³-hybridized carbons (Fsp3) is 0.208. The molecule has 31 heavy (non-hydrogen) atoms. The summed E-state index contributed by atoms with van der Waals surface area (Å²) in [7, 11) is 0. The lowest BCUT2D eigenvalue weighted by Crippen LogP contribution is -2.41. The first-order valence-corrected chi connectivity index (χ1v) is 10.2. The zero-order valence-corrected chi connectivity index (χ0v) is 17.2. The van der Waals surface area contributed by atoms with E-state index < -0.39 is 11.6 Å². The van der Waals surface area contributed by atoms with Crippen LogP contribution >= 0.6 is 0 Å². The van der Waals surface area contributed by atoms with Crippen LogP contribution in [0.1, 0.15) is 25.2 Å². The Bertz CT molecular complexity index is 1360. The van der Waals surface area contributed by atoms with E-state index in [9.17, 15) is 14.0 Å². The van der Waals surface area contributed by atoms with Crippen LogP contribution in [-0.2, 0) is 23.4 Å². The van der Waals surface area contributed by atoms with Gasteiger partial charge in [-0.1, -0.05) is 42.5 Å². The zero-order chi connectivity index (χ0) is 21.8. The Morgan fingerprint density at radius 1 is 1.06 bits per heavy atom. The number of imide groups is 1. The molecule has 3 aromatic carbocycles. The lowest BCUT2D eigenvalue weighted by Gasteiger charge is -2.24. The topological polar surface area (TPSA) is 67.2 Å². The molecular weight excluding hydrogens is 395 g/mol. The lowest BCUT2D eigenvalue weighted by molar-refractivity contribution is -0.131. The number of fused-ring (bicyclic) bond motifs is 2. The zero-order valence-electron chi connectivity index (χ0n) is 17.2. The first-order chi connectivity index (χ1) is 14.9. The molecule has 0 radical (unpaired) electrons. The molecule has 1 aliphatic heterocycles. The maximum atomic E-state index is 13.6. The van der Waals surface area contributed by atoms with E-state index in [-0.39, 0.29) is 18.3 Å². The number of carbonyl (C=O) groups is 2. The molecule has 7 heteroatoms. The van der Waals surface area contributed by atoms with Gasteiger partial charge < -0.3 is 9.88 Å². The molecule has 156 valence electrons. The number of carbonyl (C=O) groups excluding carboxylic acids is 2. The summed E-state index contributed by atoms with van der Waals surface area (Å²) in [4.78, 5) is 32.1. The Morgan fingerprint density at radius 3 is 2.65 bits per heavy atom. The molecule has 3 amide bonds. The molecule has 1 aliphatic rings. The second-order valence-corrected chi connectivity index (χ2v) is 7.88. The second-order valence-electron chi connectivity index (χ2n) is 7.88. The van der Waals surface area contributed by atoms with Gasteiger partial charge in [0.25, 0.3) is 5.91 Å². The molecule has 5 rings (SSSR count). The first-order valence-electron chi connectivity index (χ1n) is 10.2. The van der Waals surface area contributed by atoms with Gasteiger partial charge in [0.05, 0.1) is 17.6 Å². The summed E-state index contributed by atoms with van der Waals surface area (Å²) in [5.74, 6) is -0.179. The quantitative estimate of drug-likeness (QED) is 0.504.